The number of hydrogen-bond donors (Lipinski definition) is 0. The van der Waals surface area contributed by atoms with Crippen LogP contribution in [-0.4, -0.2) is 49.8 Å². The van der Waals surface area contributed by atoms with E-state index in [9.17, 15) is 19.2 Å². The minimum Gasteiger partial charge on any atom is -0.466 e. The maximum Gasteiger partial charge on any atom is 0.333 e. The Morgan fingerprint density at radius 2 is 1.25 bits per heavy atom. The van der Waals surface area contributed by atoms with Gasteiger partial charge in [-0.05, 0) is 19.8 Å². The molecule has 0 N–H and O–H groups in total. The molecule has 184 valence electrons. The van der Waals surface area contributed by atoms with E-state index in [1.54, 1.807) is 0 Å². The standard InChI is InChI=1S/C24H40O8/c1-5-7-9-11-13-23(27)32-20(18-31-24(28)19(3)4)17-30-22(26)15-14-21(25)29-16-12-10-8-6-2/h20H,3,5-18H2,1-2,4H3. The van der Waals surface area contributed by atoms with Crippen LogP contribution in [0.4, 0.5) is 0 Å². The molecule has 0 radical (unpaired) electrons. The average Bonchev–Trinajstić information content (AvgIpc) is 2.76. The van der Waals surface area contributed by atoms with Crippen molar-refractivity contribution in [1.82, 2.24) is 0 Å². The number of hydrogen-bond acceptors (Lipinski definition) is 8. The van der Waals surface area contributed by atoms with E-state index >= 15 is 0 Å². The Morgan fingerprint density at radius 3 is 1.84 bits per heavy atom. The zero-order valence-corrected chi connectivity index (χ0v) is 19.9. The summed E-state index contributed by atoms with van der Waals surface area (Å²) >= 11 is 0. The van der Waals surface area contributed by atoms with Gasteiger partial charge in [-0.2, -0.15) is 0 Å². The van der Waals surface area contributed by atoms with Gasteiger partial charge in [-0.1, -0.05) is 59.0 Å². The largest absolute Gasteiger partial charge is 0.466 e. The number of carbonyl (C=O) groups excluding carboxylic acids is 4. The van der Waals surface area contributed by atoms with Gasteiger partial charge < -0.3 is 18.9 Å². The number of carbonyl (C=O) groups is 4. The van der Waals surface area contributed by atoms with Crippen LogP contribution >= 0.6 is 0 Å². The molecule has 0 aliphatic carbocycles. The molecule has 1 atom stereocenters. The maximum atomic E-state index is 12.0. The third-order valence-electron chi connectivity index (χ3n) is 4.51. The summed E-state index contributed by atoms with van der Waals surface area (Å²) in [6.07, 6.45) is 6.79. The van der Waals surface area contributed by atoms with Gasteiger partial charge in [0.1, 0.15) is 13.2 Å². The monoisotopic (exact) mass is 456 g/mol. The highest BCUT2D eigenvalue weighted by molar-refractivity contribution is 5.87. The fourth-order valence-corrected chi connectivity index (χ4v) is 2.60. The lowest BCUT2D eigenvalue weighted by molar-refractivity contribution is -0.166. The second-order valence-corrected chi connectivity index (χ2v) is 7.77. The maximum absolute atomic E-state index is 12.0. The molecule has 0 aromatic heterocycles. The fourth-order valence-electron chi connectivity index (χ4n) is 2.60. The quantitative estimate of drug-likeness (QED) is 0.122. The Balaban J connectivity index is 4.37. The zero-order chi connectivity index (χ0) is 24.2. The summed E-state index contributed by atoms with van der Waals surface area (Å²) in [5.41, 5.74) is 0.208. The first kappa shape index (κ1) is 29.6. The lowest BCUT2D eigenvalue weighted by Gasteiger charge is -2.18. The molecule has 32 heavy (non-hydrogen) atoms. The summed E-state index contributed by atoms with van der Waals surface area (Å²) in [5.74, 6) is -2.14. The topological polar surface area (TPSA) is 105 Å². The van der Waals surface area contributed by atoms with E-state index in [2.05, 4.69) is 20.4 Å². The molecule has 0 amide bonds. The summed E-state index contributed by atoms with van der Waals surface area (Å²) in [6.45, 7) is 8.99. The van der Waals surface area contributed by atoms with Crippen molar-refractivity contribution in [2.75, 3.05) is 19.8 Å². The predicted octanol–water partition coefficient (Wildman–Crippen LogP) is 4.43. The fraction of sp³-hybridized carbons (Fsp3) is 0.750. The van der Waals surface area contributed by atoms with Crippen LogP contribution < -0.4 is 0 Å². The first-order valence-electron chi connectivity index (χ1n) is 11.6. The van der Waals surface area contributed by atoms with Crippen LogP contribution in [0.15, 0.2) is 12.2 Å². The van der Waals surface area contributed by atoms with E-state index in [0.717, 1.165) is 44.9 Å². The van der Waals surface area contributed by atoms with E-state index in [1.807, 2.05) is 0 Å². The average molecular weight is 457 g/mol. The second kappa shape index (κ2) is 19.3. The Labute approximate surface area is 192 Å². The summed E-state index contributed by atoms with van der Waals surface area (Å²) in [7, 11) is 0. The Morgan fingerprint density at radius 1 is 0.688 bits per heavy atom. The van der Waals surface area contributed by atoms with Crippen molar-refractivity contribution in [2.24, 2.45) is 0 Å². The number of esters is 4. The molecule has 0 fully saturated rings. The van der Waals surface area contributed by atoms with Gasteiger partial charge in [0.2, 0.25) is 0 Å². The first-order chi connectivity index (χ1) is 15.3. The van der Waals surface area contributed by atoms with Crippen molar-refractivity contribution in [3.63, 3.8) is 0 Å². The van der Waals surface area contributed by atoms with Crippen LogP contribution in [-0.2, 0) is 38.1 Å². The zero-order valence-electron chi connectivity index (χ0n) is 19.9. The smallest absolute Gasteiger partial charge is 0.333 e. The van der Waals surface area contributed by atoms with Crippen LogP contribution in [0, 0.1) is 0 Å². The molecule has 0 saturated heterocycles. The van der Waals surface area contributed by atoms with Crippen molar-refractivity contribution in [1.29, 1.82) is 0 Å². The van der Waals surface area contributed by atoms with Crippen LogP contribution in [0.25, 0.3) is 0 Å². The summed E-state index contributed by atoms with van der Waals surface area (Å²) in [5, 5.41) is 0. The van der Waals surface area contributed by atoms with Crippen molar-refractivity contribution in [2.45, 2.75) is 97.5 Å². The van der Waals surface area contributed by atoms with E-state index in [4.69, 9.17) is 18.9 Å². The summed E-state index contributed by atoms with van der Waals surface area (Å²) in [4.78, 5) is 47.3. The Kier molecular flexibility index (Phi) is 17.9. The SMILES string of the molecule is C=C(C)C(=O)OCC(COC(=O)CCC(=O)OCCCCCC)OC(=O)CCCCCC. The third-order valence-corrected chi connectivity index (χ3v) is 4.51. The molecule has 8 heteroatoms. The number of rotatable bonds is 19. The van der Waals surface area contributed by atoms with Gasteiger partial charge in [0.25, 0.3) is 0 Å². The van der Waals surface area contributed by atoms with Crippen molar-refractivity contribution in [3.8, 4) is 0 Å². The summed E-state index contributed by atoms with van der Waals surface area (Å²) in [6, 6.07) is 0. The van der Waals surface area contributed by atoms with Crippen molar-refractivity contribution >= 4 is 23.9 Å². The Hall–Kier alpha value is -2.38. The molecule has 8 nitrogen and oxygen atoms in total. The lowest BCUT2D eigenvalue weighted by atomic mass is 10.1. The molecular formula is C24H40O8. The van der Waals surface area contributed by atoms with Crippen LogP contribution in [0.3, 0.4) is 0 Å². The number of ether oxygens (including phenoxy) is 4. The molecule has 0 aromatic carbocycles. The van der Waals surface area contributed by atoms with E-state index in [0.29, 0.717) is 13.0 Å². The highest BCUT2D eigenvalue weighted by Crippen LogP contribution is 2.08. The number of unbranched alkanes of at least 4 members (excludes halogenated alkanes) is 6. The predicted molar refractivity (Wildman–Crippen MR) is 120 cm³/mol. The van der Waals surface area contributed by atoms with Crippen molar-refractivity contribution in [3.05, 3.63) is 12.2 Å². The third kappa shape index (κ3) is 17.3. The van der Waals surface area contributed by atoms with Gasteiger partial charge in [0.05, 0.1) is 19.4 Å². The van der Waals surface area contributed by atoms with Gasteiger partial charge >= 0.3 is 23.9 Å². The van der Waals surface area contributed by atoms with E-state index < -0.39 is 30.0 Å². The van der Waals surface area contributed by atoms with Gasteiger partial charge in [-0.15, -0.1) is 0 Å². The molecule has 0 spiro atoms. The molecule has 1 unspecified atom stereocenters. The molecule has 0 aliphatic rings. The first-order valence-corrected chi connectivity index (χ1v) is 11.6. The van der Waals surface area contributed by atoms with E-state index in [-0.39, 0.29) is 38.0 Å². The van der Waals surface area contributed by atoms with Crippen LogP contribution in [0.5, 0.6) is 0 Å². The van der Waals surface area contributed by atoms with Gasteiger partial charge in [-0.25, -0.2) is 4.79 Å². The second-order valence-electron chi connectivity index (χ2n) is 7.77. The van der Waals surface area contributed by atoms with Gasteiger partial charge in [0, 0.05) is 12.0 Å². The molecule has 0 heterocycles. The van der Waals surface area contributed by atoms with Gasteiger partial charge in [0.15, 0.2) is 6.10 Å². The molecule has 0 bridgehead atoms. The molecule has 0 aliphatic heterocycles. The minimum absolute atomic E-state index is 0.0842. The molecular weight excluding hydrogens is 416 g/mol. The van der Waals surface area contributed by atoms with Crippen molar-refractivity contribution < 1.29 is 38.1 Å². The van der Waals surface area contributed by atoms with Crippen LogP contribution in [0.1, 0.15) is 91.4 Å². The summed E-state index contributed by atoms with van der Waals surface area (Å²) < 4.78 is 20.5. The normalized spacial score (nSPS) is 11.3. The molecule has 0 saturated carbocycles. The van der Waals surface area contributed by atoms with Gasteiger partial charge in [-0.3, -0.25) is 14.4 Å². The highest BCUT2D eigenvalue weighted by atomic mass is 16.6. The highest BCUT2D eigenvalue weighted by Gasteiger charge is 2.20. The minimum atomic E-state index is -0.925. The molecule has 0 aromatic rings. The lowest BCUT2D eigenvalue weighted by Crippen LogP contribution is -2.31. The van der Waals surface area contributed by atoms with Crippen LogP contribution in [0.2, 0.25) is 0 Å². The Bertz CT molecular complexity index is 585. The molecule has 0 rings (SSSR count). The van der Waals surface area contributed by atoms with E-state index in [1.165, 1.54) is 6.92 Å².